The lowest BCUT2D eigenvalue weighted by Gasteiger charge is -2.47. The van der Waals surface area contributed by atoms with Crippen LogP contribution in [0.3, 0.4) is 0 Å². The van der Waals surface area contributed by atoms with Gasteiger partial charge in [-0.15, -0.1) is 6.42 Å². The van der Waals surface area contributed by atoms with Crippen molar-refractivity contribution >= 4 is 0 Å². The van der Waals surface area contributed by atoms with Crippen molar-refractivity contribution in [2.24, 2.45) is 0 Å². The van der Waals surface area contributed by atoms with Crippen LogP contribution < -0.4 is 0 Å². The maximum atomic E-state index is 5.44. The number of piperazine rings is 1. The Morgan fingerprint density at radius 2 is 2.20 bits per heavy atom. The maximum Gasteiger partial charge on any atom is 0.0602 e. The van der Waals surface area contributed by atoms with Gasteiger partial charge in [0.1, 0.15) is 0 Å². The number of terminal acetylenes is 1. The van der Waals surface area contributed by atoms with E-state index in [1.165, 1.54) is 45.3 Å². The van der Waals surface area contributed by atoms with E-state index in [0.29, 0.717) is 6.04 Å². The Morgan fingerprint density at radius 1 is 1.33 bits per heavy atom. The summed E-state index contributed by atoms with van der Waals surface area (Å²) in [5.74, 6) is 2.80. The Labute approximate surface area is 93.6 Å². The highest BCUT2D eigenvalue weighted by atomic mass is 15.3. The molecule has 2 rings (SSSR count). The summed E-state index contributed by atoms with van der Waals surface area (Å²) in [5, 5.41) is 0. The summed E-state index contributed by atoms with van der Waals surface area (Å²) in [5.41, 5.74) is 0. The molecule has 0 spiro atoms. The van der Waals surface area contributed by atoms with Gasteiger partial charge >= 0.3 is 0 Å². The highest BCUT2D eigenvalue weighted by Gasteiger charge is 2.33. The molecule has 2 aliphatic rings. The highest BCUT2D eigenvalue weighted by molar-refractivity contribution is 4.96. The average molecular weight is 206 g/mol. The third-order valence-electron chi connectivity index (χ3n) is 3.92. The largest absolute Gasteiger partial charge is 0.298 e. The molecule has 0 aromatic heterocycles. The molecule has 0 aromatic rings. The second kappa shape index (κ2) is 5.01. The van der Waals surface area contributed by atoms with Crippen molar-refractivity contribution in [2.45, 2.75) is 44.7 Å². The lowest BCUT2D eigenvalue weighted by Crippen LogP contribution is -2.59. The molecule has 2 nitrogen and oxygen atoms in total. The van der Waals surface area contributed by atoms with Gasteiger partial charge in [0.2, 0.25) is 0 Å². The van der Waals surface area contributed by atoms with Crippen LogP contribution in [0.15, 0.2) is 0 Å². The fourth-order valence-corrected chi connectivity index (χ4v) is 3.01. The van der Waals surface area contributed by atoms with Crippen LogP contribution in [0.2, 0.25) is 0 Å². The summed E-state index contributed by atoms with van der Waals surface area (Å²) in [6.07, 6.45) is 10.8. The fraction of sp³-hybridized carbons (Fsp3) is 0.846. The highest BCUT2D eigenvalue weighted by Crippen LogP contribution is 2.24. The molecule has 84 valence electrons. The van der Waals surface area contributed by atoms with Gasteiger partial charge in [-0.25, -0.2) is 0 Å². The predicted molar refractivity (Wildman–Crippen MR) is 63.7 cm³/mol. The second-order valence-corrected chi connectivity index (χ2v) is 4.84. The molecule has 0 saturated carbocycles. The minimum Gasteiger partial charge on any atom is -0.298 e. The maximum absolute atomic E-state index is 5.44. The molecule has 2 heteroatoms. The molecular weight excluding hydrogens is 184 g/mol. The van der Waals surface area contributed by atoms with Crippen molar-refractivity contribution in [3.8, 4) is 12.3 Å². The summed E-state index contributed by atoms with van der Waals surface area (Å²) in [7, 11) is 0. The van der Waals surface area contributed by atoms with E-state index < -0.39 is 0 Å². The molecule has 0 radical (unpaired) electrons. The fourth-order valence-electron chi connectivity index (χ4n) is 3.01. The van der Waals surface area contributed by atoms with E-state index in [1.807, 2.05) is 0 Å². The number of hydrogen-bond acceptors (Lipinski definition) is 2. The van der Waals surface area contributed by atoms with Crippen LogP contribution in [0.1, 0.15) is 32.6 Å². The van der Waals surface area contributed by atoms with Gasteiger partial charge in [-0.1, -0.05) is 19.3 Å². The Balaban J connectivity index is 1.99. The zero-order valence-corrected chi connectivity index (χ0v) is 9.78. The number of piperidine rings is 1. The van der Waals surface area contributed by atoms with Gasteiger partial charge in [0, 0.05) is 25.2 Å². The number of hydrogen-bond donors (Lipinski definition) is 0. The molecule has 0 amide bonds. The number of nitrogens with zero attached hydrogens (tertiary/aromatic N) is 2. The van der Waals surface area contributed by atoms with Crippen LogP contribution in [-0.4, -0.2) is 48.1 Å². The Kier molecular flexibility index (Phi) is 3.66. The molecule has 0 aliphatic carbocycles. The second-order valence-electron chi connectivity index (χ2n) is 4.84. The molecule has 0 N–H and O–H groups in total. The first-order valence-electron chi connectivity index (χ1n) is 6.26. The van der Waals surface area contributed by atoms with Gasteiger partial charge in [-0.3, -0.25) is 9.80 Å². The van der Waals surface area contributed by atoms with E-state index in [4.69, 9.17) is 6.42 Å². The first kappa shape index (κ1) is 11.0. The van der Waals surface area contributed by atoms with Crippen molar-refractivity contribution in [1.29, 1.82) is 0 Å². The van der Waals surface area contributed by atoms with Crippen LogP contribution in [0.5, 0.6) is 0 Å². The lowest BCUT2D eigenvalue weighted by molar-refractivity contribution is 0.0149. The summed E-state index contributed by atoms with van der Waals surface area (Å²) >= 11 is 0. The predicted octanol–water partition coefficient (Wildman–Crippen LogP) is 1.57. The molecular formula is C13H22N2. The molecule has 2 atom stereocenters. The van der Waals surface area contributed by atoms with Crippen LogP contribution in [0.4, 0.5) is 0 Å². The van der Waals surface area contributed by atoms with E-state index in [1.54, 1.807) is 0 Å². The summed E-state index contributed by atoms with van der Waals surface area (Å²) in [6.45, 7) is 6.86. The number of fused-ring (bicyclic) bond motifs is 1. The Hall–Kier alpha value is -0.520. The van der Waals surface area contributed by atoms with E-state index in [-0.39, 0.29) is 0 Å². The number of rotatable bonds is 2. The minimum absolute atomic E-state index is 0.690. The molecule has 0 aromatic carbocycles. The van der Waals surface area contributed by atoms with E-state index in [2.05, 4.69) is 22.6 Å². The van der Waals surface area contributed by atoms with Crippen molar-refractivity contribution < 1.29 is 0 Å². The van der Waals surface area contributed by atoms with Gasteiger partial charge in [0.15, 0.2) is 0 Å². The molecule has 2 saturated heterocycles. The third-order valence-corrected chi connectivity index (χ3v) is 3.92. The van der Waals surface area contributed by atoms with E-state index >= 15 is 0 Å². The van der Waals surface area contributed by atoms with E-state index in [9.17, 15) is 0 Å². The Morgan fingerprint density at radius 3 is 2.93 bits per heavy atom. The van der Waals surface area contributed by atoms with Gasteiger partial charge in [0.05, 0.1) is 6.54 Å². The van der Waals surface area contributed by atoms with Crippen molar-refractivity contribution in [3.63, 3.8) is 0 Å². The van der Waals surface area contributed by atoms with Gasteiger partial charge in [-0.05, 0) is 25.8 Å². The van der Waals surface area contributed by atoms with Crippen molar-refractivity contribution in [2.75, 3.05) is 26.2 Å². The van der Waals surface area contributed by atoms with Crippen LogP contribution in [0.25, 0.3) is 0 Å². The summed E-state index contributed by atoms with van der Waals surface area (Å²) in [6, 6.07) is 1.48. The van der Waals surface area contributed by atoms with Crippen molar-refractivity contribution in [1.82, 2.24) is 9.80 Å². The van der Waals surface area contributed by atoms with Gasteiger partial charge in [0.25, 0.3) is 0 Å². The zero-order valence-electron chi connectivity index (χ0n) is 9.78. The average Bonchev–Trinajstić information content (AvgIpc) is 2.28. The standard InChI is InChI=1S/C13H22N2/c1-3-8-14-11-13-7-5-6-9-15(13)10-12(14)4-2/h1,12-13H,4-11H2,2H3. The molecule has 2 heterocycles. The molecule has 2 unspecified atom stereocenters. The monoisotopic (exact) mass is 206 g/mol. The SMILES string of the molecule is C#CCN1CC2CCCCN2CC1CC. The quantitative estimate of drug-likeness (QED) is 0.633. The first-order valence-corrected chi connectivity index (χ1v) is 6.26. The van der Waals surface area contributed by atoms with E-state index in [0.717, 1.165) is 12.6 Å². The summed E-state index contributed by atoms with van der Waals surface area (Å²) < 4.78 is 0. The molecule has 0 bridgehead atoms. The molecule has 2 aliphatic heterocycles. The van der Waals surface area contributed by atoms with Gasteiger partial charge < -0.3 is 0 Å². The molecule has 2 fully saturated rings. The Bertz CT molecular complexity index is 243. The normalized spacial score (nSPS) is 33.3. The summed E-state index contributed by atoms with van der Waals surface area (Å²) in [4.78, 5) is 5.19. The van der Waals surface area contributed by atoms with Crippen LogP contribution in [0, 0.1) is 12.3 Å². The van der Waals surface area contributed by atoms with Crippen LogP contribution in [-0.2, 0) is 0 Å². The third kappa shape index (κ3) is 2.35. The molecule has 15 heavy (non-hydrogen) atoms. The lowest BCUT2D eigenvalue weighted by atomic mass is 9.96. The van der Waals surface area contributed by atoms with Crippen molar-refractivity contribution in [3.05, 3.63) is 0 Å². The smallest absolute Gasteiger partial charge is 0.0602 e. The van der Waals surface area contributed by atoms with Gasteiger partial charge in [-0.2, -0.15) is 0 Å². The minimum atomic E-state index is 0.690. The topological polar surface area (TPSA) is 6.48 Å². The zero-order chi connectivity index (χ0) is 10.7. The first-order chi connectivity index (χ1) is 7.35. The van der Waals surface area contributed by atoms with Crippen LogP contribution >= 0.6 is 0 Å².